The highest BCUT2D eigenvalue weighted by molar-refractivity contribution is 6.83. The summed E-state index contributed by atoms with van der Waals surface area (Å²) in [5.74, 6) is 2.57. The Kier molecular flexibility index (Phi) is 5.10. The molecule has 1 saturated heterocycles. The lowest BCUT2D eigenvalue weighted by molar-refractivity contribution is -0.142. The van der Waals surface area contributed by atoms with Crippen molar-refractivity contribution in [3.63, 3.8) is 0 Å². The summed E-state index contributed by atoms with van der Waals surface area (Å²) in [6.45, 7) is 11.1. The van der Waals surface area contributed by atoms with E-state index in [1.54, 1.807) is 0 Å². The average molecular weight is 315 g/mol. The van der Waals surface area contributed by atoms with Crippen molar-refractivity contribution in [3.05, 3.63) is 35.4 Å². The van der Waals surface area contributed by atoms with Gasteiger partial charge in [-0.2, -0.15) is 0 Å². The van der Waals surface area contributed by atoms with E-state index in [2.05, 4.69) is 60.3 Å². The van der Waals surface area contributed by atoms with Crippen LogP contribution < -0.4 is 0 Å². The number of carboxylic acids is 1. The van der Waals surface area contributed by atoms with Crippen LogP contribution in [0.1, 0.15) is 18.1 Å². The average Bonchev–Trinajstić information content (AvgIpc) is 2.78. The van der Waals surface area contributed by atoms with Gasteiger partial charge in [0.15, 0.2) is 0 Å². The van der Waals surface area contributed by atoms with Crippen molar-refractivity contribution in [1.29, 1.82) is 0 Å². The molecule has 0 aromatic heterocycles. The molecule has 0 spiro atoms. The fraction of sp³-hybridized carbons (Fsp3) is 0.500. The van der Waals surface area contributed by atoms with E-state index >= 15 is 0 Å². The van der Waals surface area contributed by atoms with Crippen molar-refractivity contribution in [2.75, 3.05) is 13.1 Å². The summed E-state index contributed by atoms with van der Waals surface area (Å²) in [5, 5.41) is 9.19. The van der Waals surface area contributed by atoms with Crippen molar-refractivity contribution >= 4 is 14.0 Å². The summed E-state index contributed by atoms with van der Waals surface area (Å²) in [7, 11) is -1.33. The lowest BCUT2D eigenvalue weighted by Crippen LogP contribution is -2.23. The molecule has 1 heterocycles. The molecule has 118 valence electrons. The van der Waals surface area contributed by atoms with Gasteiger partial charge in [0, 0.05) is 25.2 Å². The summed E-state index contributed by atoms with van der Waals surface area (Å²) in [6, 6.07) is 8.34. The number of carbonyl (C=O) groups is 1. The molecule has 1 aromatic carbocycles. The minimum absolute atomic E-state index is 0.222. The van der Waals surface area contributed by atoms with Gasteiger partial charge in [0.05, 0.1) is 5.92 Å². The Morgan fingerprint density at radius 3 is 2.41 bits per heavy atom. The highest BCUT2D eigenvalue weighted by atomic mass is 28.3. The fourth-order valence-corrected chi connectivity index (χ4v) is 3.25. The van der Waals surface area contributed by atoms with E-state index in [-0.39, 0.29) is 11.8 Å². The second-order valence-corrected chi connectivity index (χ2v) is 12.1. The molecular formula is C18H25NO2Si. The summed E-state index contributed by atoms with van der Waals surface area (Å²) < 4.78 is 0. The topological polar surface area (TPSA) is 40.5 Å². The van der Waals surface area contributed by atoms with Crippen molar-refractivity contribution in [2.45, 2.75) is 33.1 Å². The standard InChI is InChI=1S/C18H25NO2Si/c1-14-11-19(13-17(14)18(20)21)12-16-7-5-15(6-8-16)9-10-22(2,3)4/h5-8,14,17H,11-13H2,1-4H3,(H,20,21). The molecule has 1 aliphatic rings. The van der Waals surface area contributed by atoms with Gasteiger partial charge in [-0.25, -0.2) is 0 Å². The highest BCUT2D eigenvalue weighted by Crippen LogP contribution is 2.24. The Bertz CT molecular complexity index is 592. The first-order valence-corrected chi connectivity index (χ1v) is 11.3. The SMILES string of the molecule is CC1CN(Cc2ccc(C#C[Si](C)(C)C)cc2)CC1C(=O)O. The zero-order chi connectivity index (χ0) is 16.3. The van der Waals surface area contributed by atoms with Gasteiger partial charge in [-0.1, -0.05) is 44.6 Å². The maximum absolute atomic E-state index is 11.2. The van der Waals surface area contributed by atoms with Gasteiger partial charge in [0.1, 0.15) is 8.07 Å². The van der Waals surface area contributed by atoms with Gasteiger partial charge in [-0.15, -0.1) is 5.54 Å². The predicted octanol–water partition coefficient (Wildman–Crippen LogP) is 3.07. The van der Waals surface area contributed by atoms with Crippen LogP contribution in [0.3, 0.4) is 0 Å². The smallest absolute Gasteiger partial charge is 0.308 e. The number of carboxylic acid groups (broad SMARTS) is 1. The van der Waals surface area contributed by atoms with Crippen LogP contribution in [-0.2, 0) is 11.3 Å². The molecule has 0 radical (unpaired) electrons. The normalized spacial score (nSPS) is 22.2. The molecule has 0 amide bonds. The van der Waals surface area contributed by atoms with Gasteiger partial charge in [0.2, 0.25) is 0 Å². The summed E-state index contributed by atoms with van der Waals surface area (Å²) in [4.78, 5) is 13.4. The lowest BCUT2D eigenvalue weighted by atomic mass is 9.99. The first-order valence-electron chi connectivity index (χ1n) is 7.82. The molecule has 1 fully saturated rings. The van der Waals surface area contributed by atoms with Crippen LogP contribution in [0.5, 0.6) is 0 Å². The lowest BCUT2D eigenvalue weighted by Gasteiger charge is -2.15. The van der Waals surface area contributed by atoms with Crippen LogP contribution in [0.2, 0.25) is 19.6 Å². The van der Waals surface area contributed by atoms with E-state index in [4.69, 9.17) is 0 Å². The van der Waals surface area contributed by atoms with Crippen LogP contribution in [0.15, 0.2) is 24.3 Å². The van der Waals surface area contributed by atoms with Crippen molar-refractivity contribution in [1.82, 2.24) is 4.90 Å². The van der Waals surface area contributed by atoms with Crippen LogP contribution >= 0.6 is 0 Å². The molecule has 0 aliphatic carbocycles. The monoisotopic (exact) mass is 315 g/mol. The van der Waals surface area contributed by atoms with Crippen molar-refractivity contribution < 1.29 is 9.90 Å². The van der Waals surface area contributed by atoms with E-state index in [9.17, 15) is 9.90 Å². The Morgan fingerprint density at radius 1 is 1.27 bits per heavy atom. The zero-order valence-electron chi connectivity index (χ0n) is 13.9. The molecule has 0 bridgehead atoms. The number of benzene rings is 1. The quantitative estimate of drug-likeness (QED) is 0.688. The summed E-state index contributed by atoms with van der Waals surface area (Å²) in [6.07, 6.45) is 0. The molecule has 1 aromatic rings. The fourth-order valence-electron chi connectivity index (χ4n) is 2.73. The third-order valence-corrected chi connectivity index (χ3v) is 4.82. The Hall–Kier alpha value is -1.57. The van der Waals surface area contributed by atoms with Gasteiger partial charge in [-0.3, -0.25) is 9.69 Å². The van der Waals surface area contributed by atoms with Crippen LogP contribution in [0.4, 0.5) is 0 Å². The van der Waals surface area contributed by atoms with Gasteiger partial charge >= 0.3 is 5.97 Å². The van der Waals surface area contributed by atoms with Crippen LogP contribution in [0.25, 0.3) is 0 Å². The summed E-state index contributed by atoms with van der Waals surface area (Å²) >= 11 is 0. The second kappa shape index (κ2) is 6.68. The van der Waals surface area contributed by atoms with Crippen LogP contribution in [-0.4, -0.2) is 37.1 Å². The highest BCUT2D eigenvalue weighted by Gasteiger charge is 2.34. The van der Waals surface area contributed by atoms with Crippen molar-refractivity contribution in [2.24, 2.45) is 11.8 Å². The van der Waals surface area contributed by atoms with E-state index < -0.39 is 14.0 Å². The largest absolute Gasteiger partial charge is 0.481 e. The Labute approximate surface area is 134 Å². The third-order valence-electron chi connectivity index (χ3n) is 3.95. The Morgan fingerprint density at radius 2 is 1.91 bits per heavy atom. The number of hydrogen-bond donors (Lipinski definition) is 1. The van der Waals surface area contributed by atoms with Crippen LogP contribution in [0, 0.1) is 23.3 Å². The predicted molar refractivity (Wildman–Crippen MR) is 92.2 cm³/mol. The maximum Gasteiger partial charge on any atom is 0.308 e. The molecule has 1 N–H and O–H groups in total. The minimum Gasteiger partial charge on any atom is -0.481 e. The molecule has 3 nitrogen and oxygen atoms in total. The molecule has 2 unspecified atom stereocenters. The first-order chi connectivity index (χ1) is 10.2. The van der Waals surface area contributed by atoms with Gasteiger partial charge in [-0.05, 0) is 23.6 Å². The van der Waals surface area contributed by atoms with Gasteiger partial charge < -0.3 is 5.11 Å². The van der Waals surface area contributed by atoms with Gasteiger partial charge in [0.25, 0.3) is 0 Å². The molecule has 0 saturated carbocycles. The zero-order valence-corrected chi connectivity index (χ0v) is 14.9. The number of aliphatic carboxylic acids is 1. The van der Waals surface area contributed by atoms with E-state index in [0.29, 0.717) is 6.54 Å². The molecule has 4 heteroatoms. The second-order valence-electron chi connectivity index (χ2n) is 7.31. The molecule has 22 heavy (non-hydrogen) atoms. The summed E-state index contributed by atoms with van der Waals surface area (Å²) in [5.41, 5.74) is 5.65. The van der Waals surface area contributed by atoms with E-state index in [1.807, 2.05) is 6.92 Å². The van der Waals surface area contributed by atoms with E-state index in [0.717, 1.165) is 18.7 Å². The molecular weight excluding hydrogens is 290 g/mol. The number of nitrogens with zero attached hydrogens (tertiary/aromatic N) is 1. The third kappa shape index (κ3) is 4.72. The number of rotatable bonds is 3. The molecule has 2 rings (SSSR count). The molecule has 1 aliphatic heterocycles. The number of likely N-dealkylation sites (tertiary alicyclic amines) is 1. The Balaban J connectivity index is 1.97. The van der Waals surface area contributed by atoms with Crippen molar-refractivity contribution in [3.8, 4) is 11.5 Å². The van der Waals surface area contributed by atoms with E-state index in [1.165, 1.54) is 5.56 Å². The first kappa shape index (κ1) is 16.8. The maximum atomic E-state index is 11.2. The number of hydrogen-bond acceptors (Lipinski definition) is 2. The molecule has 2 atom stereocenters. The minimum atomic E-state index is -1.33.